The maximum absolute atomic E-state index is 6.12. The minimum atomic E-state index is 0.178. The van der Waals surface area contributed by atoms with E-state index in [9.17, 15) is 0 Å². The van der Waals surface area contributed by atoms with E-state index >= 15 is 0 Å². The van der Waals surface area contributed by atoms with E-state index in [-0.39, 0.29) is 12.0 Å². The van der Waals surface area contributed by atoms with Crippen molar-refractivity contribution >= 4 is 0 Å². The van der Waals surface area contributed by atoms with Gasteiger partial charge in [0.15, 0.2) is 5.82 Å². The molecule has 5 nitrogen and oxygen atoms in total. The molecule has 3 unspecified atom stereocenters. The summed E-state index contributed by atoms with van der Waals surface area (Å²) in [5.41, 5.74) is 6.12. The topological polar surface area (TPSA) is 74.2 Å². The van der Waals surface area contributed by atoms with Crippen molar-refractivity contribution in [2.45, 2.75) is 50.0 Å². The third-order valence-electron chi connectivity index (χ3n) is 3.89. The van der Waals surface area contributed by atoms with E-state index in [1.54, 1.807) is 0 Å². The molecule has 0 amide bonds. The van der Waals surface area contributed by atoms with Crippen molar-refractivity contribution < 1.29 is 9.26 Å². The Hall–Kier alpha value is -0.940. The van der Waals surface area contributed by atoms with Crippen molar-refractivity contribution in [2.75, 3.05) is 13.2 Å². The Bertz CT molecular complexity index is 374. The van der Waals surface area contributed by atoms with Gasteiger partial charge >= 0.3 is 0 Å². The molecule has 94 valence electrons. The molecule has 2 fully saturated rings. The maximum Gasteiger partial charge on any atom is 0.231 e. The van der Waals surface area contributed by atoms with Crippen LogP contribution in [0.15, 0.2) is 4.52 Å². The second-order valence-electron chi connectivity index (χ2n) is 5.11. The molecule has 1 aliphatic carbocycles. The highest BCUT2D eigenvalue weighted by atomic mass is 16.5. The van der Waals surface area contributed by atoms with Gasteiger partial charge < -0.3 is 15.0 Å². The number of nitrogens with zero attached hydrogens (tertiary/aromatic N) is 2. The van der Waals surface area contributed by atoms with E-state index in [0.717, 1.165) is 44.2 Å². The lowest BCUT2D eigenvalue weighted by Gasteiger charge is -2.25. The van der Waals surface area contributed by atoms with Gasteiger partial charge in [0.1, 0.15) is 0 Å². The lowest BCUT2D eigenvalue weighted by Crippen LogP contribution is -2.31. The molecule has 2 heterocycles. The van der Waals surface area contributed by atoms with E-state index in [1.807, 2.05) is 0 Å². The van der Waals surface area contributed by atoms with Crippen LogP contribution in [0.3, 0.4) is 0 Å². The van der Waals surface area contributed by atoms with Crippen molar-refractivity contribution in [3.63, 3.8) is 0 Å². The van der Waals surface area contributed by atoms with Gasteiger partial charge in [-0.2, -0.15) is 4.98 Å². The first kappa shape index (κ1) is 11.2. The van der Waals surface area contributed by atoms with Gasteiger partial charge in [0.25, 0.3) is 0 Å². The molecule has 1 aromatic rings. The maximum atomic E-state index is 6.12. The van der Waals surface area contributed by atoms with Crippen LogP contribution in [0.4, 0.5) is 0 Å². The molecule has 1 saturated heterocycles. The van der Waals surface area contributed by atoms with Gasteiger partial charge in [-0.25, -0.2) is 0 Å². The first-order chi connectivity index (χ1) is 8.34. The predicted molar refractivity (Wildman–Crippen MR) is 61.7 cm³/mol. The Labute approximate surface area is 101 Å². The van der Waals surface area contributed by atoms with Gasteiger partial charge in [-0.15, -0.1) is 0 Å². The van der Waals surface area contributed by atoms with Crippen LogP contribution in [0.25, 0.3) is 0 Å². The molecular weight excluding hydrogens is 218 g/mol. The minimum absolute atomic E-state index is 0.178. The van der Waals surface area contributed by atoms with Crippen molar-refractivity contribution in [1.29, 1.82) is 0 Å². The Balaban J connectivity index is 1.74. The summed E-state index contributed by atoms with van der Waals surface area (Å²) in [5.74, 6) is 2.11. The van der Waals surface area contributed by atoms with Crippen molar-refractivity contribution in [3.05, 3.63) is 11.7 Å². The average Bonchev–Trinajstić information content (AvgIpc) is 3.00. The fraction of sp³-hybridized carbons (Fsp3) is 0.833. The van der Waals surface area contributed by atoms with Crippen molar-refractivity contribution in [1.82, 2.24) is 10.1 Å². The summed E-state index contributed by atoms with van der Waals surface area (Å²) in [6.45, 7) is 1.52. The molecule has 5 heteroatoms. The zero-order valence-electron chi connectivity index (χ0n) is 9.97. The zero-order chi connectivity index (χ0) is 11.7. The highest BCUT2D eigenvalue weighted by Gasteiger charge is 2.30. The molecule has 2 N–H and O–H groups in total. The second kappa shape index (κ2) is 4.74. The SMILES string of the molecule is NC1CCCCC1c1nc(C2CCOC2)no1. The molecule has 17 heavy (non-hydrogen) atoms. The summed E-state index contributed by atoms with van der Waals surface area (Å²) in [7, 11) is 0. The molecule has 1 saturated carbocycles. The Morgan fingerprint density at radius 2 is 2.06 bits per heavy atom. The van der Waals surface area contributed by atoms with Gasteiger partial charge in [-0.1, -0.05) is 18.0 Å². The summed E-state index contributed by atoms with van der Waals surface area (Å²) < 4.78 is 10.7. The third-order valence-corrected chi connectivity index (χ3v) is 3.89. The fourth-order valence-corrected chi connectivity index (χ4v) is 2.77. The fourth-order valence-electron chi connectivity index (χ4n) is 2.77. The van der Waals surface area contributed by atoms with Crippen LogP contribution in [0.5, 0.6) is 0 Å². The normalized spacial score (nSPS) is 34.1. The van der Waals surface area contributed by atoms with Gasteiger partial charge in [0.2, 0.25) is 5.89 Å². The molecule has 3 atom stereocenters. The average molecular weight is 237 g/mol. The summed E-state index contributed by atoms with van der Waals surface area (Å²) in [6, 6.07) is 0.178. The number of aromatic nitrogens is 2. The Kier molecular flexibility index (Phi) is 3.11. The predicted octanol–water partition coefficient (Wildman–Crippen LogP) is 1.56. The first-order valence-electron chi connectivity index (χ1n) is 6.51. The molecule has 1 aliphatic heterocycles. The van der Waals surface area contributed by atoms with Crippen LogP contribution < -0.4 is 5.73 Å². The van der Waals surface area contributed by atoms with E-state index < -0.39 is 0 Å². The molecular formula is C12H19N3O2. The summed E-state index contributed by atoms with van der Waals surface area (Å²) in [5, 5.41) is 4.09. The highest BCUT2D eigenvalue weighted by molar-refractivity contribution is 5.04. The van der Waals surface area contributed by atoms with E-state index in [0.29, 0.717) is 5.92 Å². The van der Waals surface area contributed by atoms with E-state index in [2.05, 4.69) is 10.1 Å². The minimum Gasteiger partial charge on any atom is -0.381 e. The van der Waals surface area contributed by atoms with Crippen LogP contribution >= 0.6 is 0 Å². The monoisotopic (exact) mass is 237 g/mol. The molecule has 1 aromatic heterocycles. The lowest BCUT2D eigenvalue weighted by molar-refractivity contribution is 0.192. The van der Waals surface area contributed by atoms with Crippen LogP contribution in [0, 0.1) is 0 Å². The summed E-state index contributed by atoms with van der Waals surface area (Å²) in [6.07, 6.45) is 5.56. The van der Waals surface area contributed by atoms with Crippen LogP contribution in [0.1, 0.15) is 55.7 Å². The van der Waals surface area contributed by atoms with E-state index in [1.165, 1.54) is 12.8 Å². The first-order valence-corrected chi connectivity index (χ1v) is 6.51. The second-order valence-corrected chi connectivity index (χ2v) is 5.11. The third kappa shape index (κ3) is 2.21. The Morgan fingerprint density at radius 3 is 2.82 bits per heavy atom. The quantitative estimate of drug-likeness (QED) is 0.844. The van der Waals surface area contributed by atoms with Crippen molar-refractivity contribution in [2.24, 2.45) is 5.73 Å². The number of nitrogens with two attached hydrogens (primary N) is 1. The largest absolute Gasteiger partial charge is 0.381 e. The van der Waals surface area contributed by atoms with Crippen molar-refractivity contribution in [3.8, 4) is 0 Å². The van der Waals surface area contributed by atoms with Gasteiger partial charge in [0, 0.05) is 18.6 Å². The molecule has 0 aromatic carbocycles. The molecule has 3 rings (SSSR count). The molecule has 0 spiro atoms. The van der Waals surface area contributed by atoms with Gasteiger partial charge in [-0.05, 0) is 19.3 Å². The number of hydrogen-bond acceptors (Lipinski definition) is 5. The zero-order valence-corrected chi connectivity index (χ0v) is 9.97. The smallest absolute Gasteiger partial charge is 0.231 e. The molecule has 0 radical (unpaired) electrons. The van der Waals surface area contributed by atoms with Gasteiger partial charge in [-0.3, -0.25) is 0 Å². The highest BCUT2D eigenvalue weighted by Crippen LogP contribution is 2.32. The standard InChI is InChI=1S/C12H19N3O2/c13-10-4-2-1-3-9(10)12-14-11(15-17-12)8-5-6-16-7-8/h8-10H,1-7,13H2. The number of rotatable bonds is 2. The van der Waals surface area contributed by atoms with Crippen LogP contribution in [-0.2, 0) is 4.74 Å². The van der Waals surface area contributed by atoms with E-state index in [4.69, 9.17) is 15.0 Å². The lowest BCUT2D eigenvalue weighted by atomic mass is 9.85. The molecule has 2 aliphatic rings. The van der Waals surface area contributed by atoms with Crippen LogP contribution in [-0.4, -0.2) is 29.4 Å². The number of hydrogen-bond donors (Lipinski definition) is 1. The van der Waals surface area contributed by atoms with Gasteiger partial charge in [0.05, 0.1) is 12.5 Å². The Morgan fingerprint density at radius 1 is 1.18 bits per heavy atom. The molecule has 0 bridgehead atoms. The summed E-state index contributed by atoms with van der Waals surface area (Å²) in [4.78, 5) is 4.53. The summed E-state index contributed by atoms with van der Waals surface area (Å²) >= 11 is 0. The number of ether oxygens (including phenoxy) is 1. The van der Waals surface area contributed by atoms with Crippen LogP contribution in [0.2, 0.25) is 0 Å².